The molecule has 3 aliphatic rings. The third-order valence-electron chi connectivity index (χ3n) is 5.75. The Morgan fingerprint density at radius 1 is 1.29 bits per heavy atom. The highest BCUT2D eigenvalue weighted by molar-refractivity contribution is 6.09. The van der Waals surface area contributed by atoms with E-state index in [2.05, 4.69) is 29.5 Å². The number of imide groups is 1. The van der Waals surface area contributed by atoms with Crippen LogP contribution in [0.15, 0.2) is 0 Å². The first-order valence-corrected chi connectivity index (χ1v) is 8.99. The maximum Gasteiger partial charge on any atom is 0.325 e. The van der Waals surface area contributed by atoms with E-state index < -0.39 is 11.6 Å². The van der Waals surface area contributed by atoms with Crippen molar-refractivity contribution in [2.45, 2.75) is 44.6 Å². The molecule has 2 N–H and O–H groups in total. The molecule has 7 nitrogen and oxygen atoms in total. The number of hydrogen-bond donors (Lipinski definition) is 2. The zero-order valence-corrected chi connectivity index (χ0v) is 14.6. The van der Waals surface area contributed by atoms with E-state index in [0.29, 0.717) is 31.2 Å². The van der Waals surface area contributed by atoms with Gasteiger partial charge in [0.2, 0.25) is 5.91 Å². The van der Waals surface area contributed by atoms with Crippen LogP contribution in [0.4, 0.5) is 4.79 Å². The number of carbonyl (C=O) groups is 3. The lowest BCUT2D eigenvalue weighted by Gasteiger charge is -2.33. The van der Waals surface area contributed by atoms with E-state index in [1.165, 1.54) is 0 Å². The predicted octanol–water partition coefficient (Wildman–Crippen LogP) is 0.555. The maximum atomic E-state index is 12.7. The minimum absolute atomic E-state index is 0.176. The van der Waals surface area contributed by atoms with Crippen molar-refractivity contribution in [3.63, 3.8) is 0 Å². The summed E-state index contributed by atoms with van der Waals surface area (Å²) in [7, 11) is 2.07. The van der Waals surface area contributed by atoms with Gasteiger partial charge in [0.15, 0.2) is 0 Å². The fraction of sp³-hybridized carbons (Fsp3) is 0.824. The largest absolute Gasteiger partial charge is 0.354 e. The summed E-state index contributed by atoms with van der Waals surface area (Å²) in [4.78, 5) is 40.4. The first-order chi connectivity index (χ1) is 11.4. The van der Waals surface area contributed by atoms with E-state index in [0.717, 1.165) is 37.3 Å². The molecule has 4 amide bonds. The van der Waals surface area contributed by atoms with Crippen LogP contribution in [0.5, 0.6) is 0 Å². The zero-order valence-electron chi connectivity index (χ0n) is 14.6. The van der Waals surface area contributed by atoms with Crippen molar-refractivity contribution in [2.75, 3.05) is 33.2 Å². The SMILES string of the molecule is CC1CCC2(CC1)NC(=O)N(CC(=O)NCC1CCN(C)C1)C2=O. The van der Waals surface area contributed by atoms with Crippen LogP contribution in [-0.2, 0) is 9.59 Å². The van der Waals surface area contributed by atoms with E-state index in [9.17, 15) is 14.4 Å². The molecule has 134 valence electrons. The van der Waals surface area contributed by atoms with Crippen LogP contribution in [-0.4, -0.2) is 66.4 Å². The van der Waals surface area contributed by atoms with Crippen LogP contribution in [0.2, 0.25) is 0 Å². The summed E-state index contributed by atoms with van der Waals surface area (Å²) in [5.74, 6) is 0.555. The summed E-state index contributed by atoms with van der Waals surface area (Å²) < 4.78 is 0. The van der Waals surface area contributed by atoms with E-state index in [4.69, 9.17) is 0 Å². The molecule has 0 aromatic carbocycles. The van der Waals surface area contributed by atoms with Crippen molar-refractivity contribution in [3.8, 4) is 0 Å². The van der Waals surface area contributed by atoms with Gasteiger partial charge in [-0.25, -0.2) is 4.79 Å². The molecule has 3 rings (SSSR count). The molecule has 0 aromatic heterocycles. The number of amides is 4. The quantitative estimate of drug-likeness (QED) is 0.735. The van der Waals surface area contributed by atoms with Crippen molar-refractivity contribution in [1.29, 1.82) is 0 Å². The molecular formula is C17H28N4O3. The maximum absolute atomic E-state index is 12.7. The second-order valence-electron chi connectivity index (χ2n) is 7.81. The fourth-order valence-electron chi connectivity index (χ4n) is 4.06. The van der Waals surface area contributed by atoms with Gasteiger partial charge >= 0.3 is 6.03 Å². The smallest absolute Gasteiger partial charge is 0.325 e. The van der Waals surface area contributed by atoms with Crippen LogP contribution < -0.4 is 10.6 Å². The van der Waals surface area contributed by atoms with Crippen LogP contribution in [0, 0.1) is 11.8 Å². The molecule has 2 aliphatic heterocycles. The van der Waals surface area contributed by atoms with E-state index in [1.807, 2.05) is 0 Å². The van der Waals surface area contributed by atoms with Gasteiger partial charge in [-0.3, -0.25) is 14.5 Å². The molecule has 1 saturated carbocycles. The Bertz CT molecular complexity index is 528. The lowest BCUT2D eigenvalue weighted by atomic mass is 9.77. The Labute approximate surface area is 143 Å². The van der Waals surface area contributed by atoms with Gasteiger partial charge in [0, 0.05) is 13.1 Å². The van der Waals surface area contributed by atoms with Gasteiger partial charge in [-0.15, -0.1) is 0 Å². The summed E-state index contributed by atoms with van der Waals surface area (Å²) in [5.41, 5.74) is -0.766. The minimum Gasteiger partial charge on any atom is -0.354 e. The molecule has 0 bridgehead atoms. The third-order valence-corrected chi connectivity index (χ3v) is 5.75. The molecule has 2 heterocycles. The highest BCUT2D eigenvalue weighted by Crippen LogP contribution is 2.36. The van der Waals surface area contributed by atoms with Crippen molar-refractivity contribution in [1.82, 2.24) is 20.4 Å². The molecular weight excluding hydrogens is 308 g/mol. The molecule has 1 aliphatic carbocycles. The topological polar surface area (TPSA) is 81.8 Å². The number of carbonyl (C=O) groups excluding carboxylic acids is 3. The van der Waals surface area contributed by atoms with Gasteiger partial charge in [0.05, 0.1) is 0 Å². The van der Waals surface area contributed by atoms with Gasteiger partial charge in [-0.2, -0.15) is 0 Å². The Morgan fingerprint density at radius 3 is 2.62 bits per heavy atom. The monoisotopic (exact) mass is 336 g/mol. The lowest BCUT2D eigenvalue weighted by molar-refractivity contribution is -0.136. The number of rotatable bonds is 4. The minimum atomic E-state index is -0.766. The summed E-state index contributed by atoms with van der Waals surface area (Å²) >= 11 is 0. The Balaban J connectivity index is 1.52. The summed E-state index contributed by atoms with van der Waals surface area (Å²) in [6.07, 6.45) is 4.28. The standard InChI is InChI=1S/C17H28N4O3/c1-12-3-6-17(7-4-12)15(23)21(16(24)19-17)11-14(22)18-9-13-5-8-20(2)10-13/h12-13H,3-11H2,1-2H3,(H,18,22)(H,19,24). The van der Waals surface area contributed by atoms with Crippen molar-refractivity contribution in [2.24, 2.45) is 11.8 Å². The number of nitrogens with one attached hydrogen (secondary N) is 2. The van der Waals surface area contributed by atoms with Crippen LogP contribution in [0.1, 0.15) is 39.0 Å². The van der Waals surface area contributed by atoms with Crippen molar-refractivity contribution < 1.29 is 14.4 Å². The van der Waals surface area contributed by atoms with Crippen LogP contribution >= 0.6 is 0 Å². The van der Waals surface area contributed by atoms with Gasteiger partial charge < -0.3 is 15.5 Å². The molecule has 1 spiro atoms. The van der Waals surface area contributed by atoms with Crippen LogP contribution in [0.25, 0.3) is 0 Å². The molecule has 1 unspecified atom stereocenters. The number of hydrogen-bond acceptors (Lipinski definition) is 4. The fourth-order valence-corrected chi connectivity index (χ4v) is 4.06. The molecule has 2 saturated heterocycles. The molecule has 0 radical (unpaired) electrons. The summed E-state index contributed by atoms with van der Waals surface area (Å²) in [5, 5.41) is 5.72. The highest BCUT2D eigenvalue weighted by atomic mass is 16.2. The van der Waals surface area contributed by atoms with Gasteiger partial charge in [-0.1, -0.05) is 6.92 Å². The molecule has 24 heavy (non-hydrogen) atoms. The van der Waals surface area contributed by atoms with E-state index in [-0.39, 0.29) is 18.4 Å². The zero-order chi connectivity index (χ0) is 17.3. The second kappa shape index (κ2) is 6.70. The van der Waals surface area contributed by atoms with Gasteiger partial charge in [0.25, 0.3) is 5.91 Å². The summed E-state index contributed by atoms with van der Waals surface area (Å²) in [6.45, 7) is 4.62. The number of likely N-dealkylation sites (tertiary alicyclic amines) is 1. The van der Waals surface area contributed by atoms with Crippen molar-refractivity contribution >= 4 is 17.8 Å². The molecule has 3 fully saturated rings. The van der Waals surface area contributed by atoms with Gasteiger partial charge in [-0.05, 0) is 57.5 Å². The Hall–Kier alpha value is -1.63. The molecule has 1 atom stereocenters. The Kier molecular flexibility index (Phi) is 4.80. The normalized spacial score (nSPS) is 34.0. The lowest BCUT2D eigenvalue weighted by Crippen LogP contribution is -2.50. The summed E-state index contributed by atoms with van der Waals surface area (Å²) in [6, 6.07) is -0.426. The third kappa shape index (κ3) is 3.41. The number of urea groups is 1. The average Bonchev–Trinajstić information content (AvgIpc) is 3.06. The average molecular weight is 336 g/mol. The van der Waals surface area contributed by atoms with E-state index >= 15 is 0 Å². The highest BCUT2D eigenvalue weighted by Gasteiger charge is 2.52. The second-order valence-corrected chi connectivity index (χ2v) is 7.81. The van der Waals surface area contributed by atoms with E-state index in [1.54, 1.807) is 0 Å². The predicted molar refractivity (Wildman–Crippen MR) is 89.2 cm³/mol. The molecule has 7 heteroatoms. The first-order valence-electron chi connectivity index (χ1n) is 8.99. The first kappa shape index (κ1) is 17.2. The van der Waals surface area contributed by atoms with Crippen molar-refractivity contribution in [3.05, 3.63) is 0 Å². The van der Waals surface area contributed by atoms with Crippen LogP contribution in [0.3, 0.4) is 0 Å². The molecule has 0 aromatic rings. The Morgan fingerprint density at radius 2 is 2.00 bits per heavy atom. The number of nitrogens with zero attached hydrogens (tertiary/aromatic N) is 2. The van der Waals surface area contributed by atoms with Gasteiger partial charge in [0.1, 0.15) is 12.1 Å².